The molecule has 10 N–H and O–H groups in total. The summed E-state index contributed by atoms with van der Waals surface area (Å²) in [6.45, 7) is 10.7. The van der Waals surface area contributed by atoms with Gasteiger partial charge in [0.25, 0.3) is 35.4 Å². The number of halogens is 8. The average molecular weight is 1660 g/mol. The Morgan fingerprint density at radius 1 is 0.513 bits per heavy atom. The number of benzene rings is 4. The van der Waals surface area contributed by atoms with Crippen molar-refractivity contribution in [2.24, 2.45) is 0 Å². The van der Waals surface area contributed by atoms with E-state index in [1.807, 2.05) is 57.7 Å². The number of carboxylic acid groups (broad SMARTS) is 1. The fraction of sp³-hybridized carbons (Fsp3) is 0.375. The van der Waals surface area contributed by atoms with E-state index in [0.29, 0.717) is 80.8 Å². The van der Waals surface area contributed by atoms with E-state index in [-0.39, 0.29) is 138 Å². The van der Waals surface area contributed by atoms with Crippen LogP contribution in [0.25, 0.3) is 11.1 Å². The number of likely N-dealkylation sites (N-methyl/N-ethyl adjacent to an activating group) is 2. The number of carboxylic acids is 1. The number of nitrogens with one attached hydrogen (secondary N) is 9. The largest absolute Gasteiger partial charge is 0.480 e. The van der Waals surface area contributed by atoms with Crippen LogP contribution in [0.3, 0.4) is 0 Å². The second-order valence-corrected chi connectivity index (χ2v) is 29.8. The molecule has 4 aromatic carbocycles. The van der Waals surface area contributed by atoms with Gasteiger partial charge in [0.1, 0.15) is 30.3 Å². The topological polar surface area (TPSA) is 398 Å². The van der Waals surface area contributed by atoms with Crippen molar-refractivity contribution in [1.29, 1.82) is 0 Å². The van der Waals surface area contributed by atoms with Gasteiger partial charge in [0.2, 0.25) is 40.7 Å². The van der Waals surface area contributed by atoms with Gasteiger partial charge in [-0.3, -0.25) is 97.4 Å². The zero-order valence-corrected chi connectivity index (χ0v) is 64.8. The second-order valence-electron chi connectivity index (χ2n) is 29.8. The minimum absolute atomic E-state index is 0.00619. The number of nitrogens with zero attached hydrogens (tertiary/aromatic N) is 7. The molecular formula is C80H82F8N16O15. The first-order valence-electron chi connectivity index (χ1n) is 37.9. The molecule has 11 amide bonds. The van der Waals surface area contributed by atoms with E-state index < -0.39 is 141 Å². The number of pyridine rings is 2. The highest BCUT2D eigenvalue weighted by molar-refractivity contribution is 6.27. The number of fused-ring (bicyclic) bond motifs is 2. The van der Waals surface area contributed by atoms with Gasteiger partial charge in [0.15, 0.2) is 0 Å². The highest BCUT2D eigenvalue weighted by atomic mass is 19.4. The molecule has 119 heavy (non-hydrogen) atoms. The van der Waals surface area contributed by atoms with Crippen LogP contribution in [-0.2, 0) is 41.1 Å². The van der Waals surface area contributed by atoms with Gasteiger partial charge in [-0.1, -0.05) is 24.3 Å². The zero-order chi connectivity index (χ0) is 86.1. The van der Waals surface area contributed by atoms with Crippen LogP contribution in [0.2, 0.25) is 0 Å². The van der Waals surface area contributed by atoms with Crippen LogP contribution in [0.1, 0.15) is 151 Å². The molecule has 6 aromatic rings. The van der Waals surface area contributed by atoms with Gasteiger partial charge >= 0.3 is 18.3 Å². The van der Waals surface area contributed by atoms with E-state index in [1.54, 1.807) is 6.08 Å². The first-order chi connectivity index (χ1) is 56.3. The van der Waals surface area contributed by atoms with Crippen LogP contribution in [0, 0.1) is 11.6 Å². The van der Waals surface area contributed by atoms with E-state index in [2.05, 4.69) is 57.0 Å². The zero-order valence-electron chi connectivity index (χ0n) is 64.8. The summed E-state index contributed by atoms with van der Waals surface area (Å²) in [7, 11) is 3.95. The smallest absolute Gasteiger partial charge is 0.417 e. The van der Waals surface area contributed by atoms with Crippen LogP contribution in [0.5, 0.6) is 0 Å². The van der Waals surface area contributed by atoms with Gasteiger partial charge in [-0.2, -0.15) is 26.3 Å². The lowest BCUT2D eigenvalue weighted by atomic mass is 9.96. The van der Waals surface area contributed by atoms with Crippen molar-refractivity contribution in [1.82, 2.24) is 50.4 Å². The quantitative estimate of drug-likeness (QED) is 0.0355. The minimum atomic E-state index is -5.01. The minimum Gasteiger partial charge on any atom is -0.480 e. The SMILES string of the molecule is C[C@@H]1CN(c2cc(F)c(C3=CCN(C(=O)CNc4cccc5c4C(=O)N(C4CCC(=O)NC4=O)C5=O)CC3)cc2NC(=O)c2c[nH]c(=O)cc2C(F)(F)F)C[C@H](C)N1C.C[C@@H]1CN(c2cc(F)c(C3=CCNCC3)cc2NC(=O)c2c[nH]c(=O)cc2C(F)(F)F)C[C@H](C)N1C.O=C(O)CNc1cccc2c1C(=O)N(C1CCC(=O)NC1=O)C2=O. The molecule has 8 aliphatic rings. The second kappa shape index (κ2) is 34.8. The maximum absolute atomic E-state index is 16.1. The van der Waals surface area contributed by atoms with Crippen LogP contribution >= 0.6 is 0 Å². The van der Waals surface area contributed by atoms with Crippen LogP contribution in [0.4, 0.5) is 69.2 Å². The fourth-order valence-corrected chi connectivity index (χ4v) is 15.5. The molecule has 4 fully saturated rings. The molecule has 0 radical (unpaired) electrons. The molecule has 4 saturated heterocycles. The number of amides is 11. The van der Waals surface area contributed by atoms with Crippen molar-refractivity contribution in [3.05, 3.63) is 185 Å². The van der Waals surface area contributed by atoms with Gasteiger partial charge in [-0.15, -0.1) is 0 Å². The van der Waals surface area contributed by atoms with Crippen LogP contribution in [-0.4, -0.2) is 226 Å². The maximum Gasteiger partial charge on any atom is 0.417 e. The molecule has 31 nitrogen and oxygen atoms in total. The van der Waals surface area contributed by atoms with Crippen molar-refractivity contribution < 1.29 is 97.8 Å². The monoisotopic (exact) mass is 1660 g/mol. The summed E-state index contributed by atoms with van der Waals surface area (Å²) in [5, 5.41) is 26.8. The van der Waals surface area contributed by atoms with E-state index in [1.165, 1.54) is 65.6 Å². The van der Waals surface area contributed by atoms with E-state index >= 15 is 8.78 Å². The number of hydrogen-bond donors (Lipinski definition) is 10. The molecule has 0 spiro atoms. The third kappa shape index (κ3) is 18.3. The summed E-state index contributed by atoms with van der Waals surface area (Å²) in [5.74, 6) is -9.97. The standard InChI is InChI=1S/C40H40F4N8O7.C25H29F4N5O2.C15H13N3O6/c1-20-18-51(19-21(2)49(20)3)31-15-27(41)24(13-29(31)47-36(56)25-16-46-33(54)14-26(25)40(42,43)44)22-9-11-50(12-10-22)34(55)17-45-28-6-4-5-23-35(28)39(59)52(38(23)58)30-7-8-32(53)48-37(30)57;1-14-12-34(13-15(2)33(14)3)22-10-20(26)17(16-4-6-30-7-5-16)8-21(22)32-24(36)18-11-31-23(35)9-19(18)25(27,28)29;19-10-5-4-9(13(22)17-10)18-14(23)7-2-1-3-8(12(7)15(18)24)16-6-11(20)21/h4-6,9,13-16,20-21,30,45H,7-8,10-12,17-19H2,1-3H3,(H,46,54)(H,47,56)(H,48,53,57);4,8-11,14-15,30H,5-7,12-13H2,1-3H3,(H,31,35)(H,32,36);1-3,9,16H,4-6H2,(H,20,21)(H,17,19,22)/t20-,21+,30?;14-,15+;. The number of aliphatic carboxylic acids is 1. The van der Waals surface area contributed by atoms with E-state index in [9.17, 15) is 93.5 Å². The Labute approximate surface area is 672 Å². The first kappa shape index (κ1) is 85.6. The molecule has 10 heterocycles. The number of carbonyl (C=O) groups is 12. The van der Waals surface area contributed by atoms with Crippen molar-refractivity contribution in [3.8, 4) is 0 Å². The Balaban J connectivity index is 0.000000183. The molecule has 8 aliphatic heterocycles. The molecule has 0 bridgehead atoms. The van der Waals surface area contributed by atoms with Crippen LogP contribution < -0.4 is 58.1 Å². The first-order valence-corrected chi connectivity index (χ1v) is 37.9. The number of piperazine rings is 2. The number of anilines is 6. The summed E-state index contributed by atoms with van der Waals surface area (Å²) in [4.78, 5) is 189. The number of H-pyrrole nitrogens is 2. The van der Waals surface area contributed by atoms with Gasteiger partial charge in [-0.25, -0.2) is 8.78 Å². The molecule has 0 saturated carbocycles. The lowest BCUT2D eigenvalue weighted by Gasteiger charge is -2.44. The molecule has 14 rings (SSSR count). The van der Waals surface area contributed by atoms with Gasteiger partial charge in [-0.05, 0) is 134 Å². The molecule has 2 aromatic heterocycles. The van der Waals surface area contributed by atoms with Gasteiger partial charge < -0.3 is 56.4 Å². The Kier molecular flexibility index (Phi) is 25.0. The summed E-state index contributed by atoms with van der Waals surface area (Å²) < 4.78 is 114. The number of carbonyl (C=O) groups excluding carboxylic acids is 11. The lowest BCUT2D eigenvalue weighted by molar-refractivity contribution is -0.138. The van der Waals surface area contributed by atoms with Crippen molar-refractivity contribution >= 4 is 116 Å². The summed E-state index contributed by atoms with van der Waals surface area (Å²) in [5.41, 5.74) is -3.21. The third-order valence-electron chi connectivity index (χ3n) is 22.1. The van der Waals surface area contributed by atoms with Crippen molar-refractivity contribution in [3.63, 3.8) is 0 Å². The molecule has 39 heteroatoms. The fourth-order valence-electron chi connectivity index (χ4n) is 15.5. The Morgan fingerprint density at radius 2 is 0.933 bits per heavy atom. The lowest BCUT2D eigenvalue weighted by Crippen LogP contribution is -2.55. The molecule has 6 atom stereocenters. The number of aromatic amines is 2. The Hall–Kier alpha value is -12.8. The number of aromatic nitrogens is 2. The number of imide groups is 4. The maximum atomic E-state index is 16.1. The normalized spacial score (nSPS) is 21.0. The van der Waals surface area contributed by atoms with E-state index in [0.717, 1.165) is 21.6 Å². The number of piperidine rings is 2. The van der Waals surface area contributed by atoms with Crippen molar-refractivity contribution in [2.45, 2.75) is 115 Å². The third-order valence-corrected chi connectivity index (χ3v) is 22.1. The molecule has 628 valence electrons. The number of alkyl halides is 6. The molecule has 0 aliphatic carbocycles. The Morgan fingerprint density at radius 3 is 1.31 bits per heavy atom. The molecular weight excluding hydrogens is 1580 g/mol. The van der Waals surface area contributed by atoms with Gasteiger partial charge in [0, 0.05) is 130 Å². The molecule has 2 unspecified atom stereocenters. The highest BCUT2D eigenvalue weighted by Crippen LogP contribution is 2.42. The number of rotatable bonds is 16. The summed E-state index contributed by atoms with van der Waals surface area (Å²) in [6, 6.07) is 13.1. The van der Waals surface area contributed by atoms with Gasteiger partial charge in [0.05, 0.1) is 73.8 Å². The van der Waals surface area contributed by atoms with Crippen molar-refractivity contribution in [2.75, 3.05) is 111 Å². The van der Waals surface area contributed by atoms with E-state index in [4.69, 9.17) is 5.11 Å². The number of hydrogen-bond acceptors (Lipinski definition) is 21. The summed E-state index contributed by atoms with van der Waals surface area (Å²) >= 11 is 0. The predicted molar refractivity (Wildman–Crippen MR) is 416 cm³/mol. The van der Waals surface area contributed by atoms with Crippen LogP contribution in [0.15, 0.2) is 107 Å². The Bertz CT molecular complexity index is 5350. The highest BCUT2D eigenvalue weighted by Gasteiger charge is 2.48. The summed E-state index contributed by atoms with van der Waals surface area (Å²) in [6.07, 6.45) is -4.19. The average Bonchev–Trinajstić information content (AvgIpc) is 1.71. The predicted octanol–water partition coefficient (Wildman–Crippen LogP) is 6.72.